The zero-order valence-corrected chi connectivity index (χ0v) is 24.2. The molecule has 4 aromatic carbocycles. The first-order valence-corrected chi connectivity index (χ1v) is 14.8. The van der Waals surface area contributed by atoms with Crippen LogP contribution in [0.1, 0.15) is 16.1 Å². The minimum absolute atomic E-state index is 0.00565. The molecule has 0 fully saturated rings. The quantitative estimate of drug-likeness (QED) is 0.206. The molecule has 0 bridgehead atoms. The number of amides is 1. The van der Waals surface area contributed by atoms with Crippen LogP contribution in [-0.4, -0.2) is 36.0 Å². The Labute approximate surface area is 253 Å². The first kappa shape index (κ1) is 29.1. The van der Waals surface area contributed by atoms with Gasteiger partial charge in [0.15, 0.2) is 11.3 Å². The van der Waals surface area contributed by atoms with E-state index in [2.05, 4.69) is 15.4 Å². The topological polar surface area (TPSA) is 103 Å². The monoisotopic (exact) mass is 636 g/mol. The molecule has 0 radical (unpaired) electrons. The lowest BCUT2D eigenvalue weighted by Gasteiger charge is -2.13. The number of nitrogens with zero attached hydrogens (tertiary/aromatic N) is 3. The summed E-state index contributed by atoms with van der Waals surface area (Å²) in [6.07, 6.45) is -3.84. The third-order valence-corrected chi connectivity index (χ3v) is 8.88. The molecule has 0 unspecified atom stereocenters. The van der Waals surface area contributed by atoms with Crippen LogP contribution in [0.5, 0.6) is 5.75 Å². The van der Waals surface area contributed by atoms with Crippen molar-refractivity contribution in [2.45, 2.75) is 16.0 Å². The van der Waals surface area contributed by atoms with Gasteiger partial charge in [0.25, 0.3) is 5.91 Å². The highest BCUT2D eigenvalue weighted by Gasteiger charge is 2.36. The lowest BCUT2D eigenvalue weighted by molar-refractivity contribution is -0.142. The smallest absolute Gasteiger partial charge is 0.433 e. The lowest BCUT2D eigenvalue weighted by atomic mass is 10.0. The summed E-state index contributed by atoms with van der Waals surface area (Å²) in [5, 5.41) is 8.20. The van der Waals surface area contributed by atoms with Crippen molar-refractivity contribution in [1.82, 2.24) is 14.6 Å². The van der Waals surface area contributed by atoms with Crippen LogP contribution in [-0.2, 0) is 16.0 Å². The van der Waals surface area contributed by atoms with Crippen LogP contribution in [0.4, 0.5) is 18.9 Å². The van der Waals surface area contributed by atoms with E-state index >= 15 is 0 Å². The number of nitrogens with one attached hydrogen (secondary N) is 1. The third-order valence-electron chi connectivity index (χ3n) is 6.88. The number of hydrogen-bond acceptors (Lipinski definition) is 6. The van der Waals surface area contributed by atoms with E-state index in [1.165, 1.54) is 49.6 Å². The van der Waals surface area contributed by atoms with Gasteiger partial charge in [-0.3, -0.25) is 4.79 Å². The molecule has 2 aromatic heterocycles. The summed E-state index contributed by atoms with van der Waals surface area (Å²) in [5.74, 6) is -0.746. The molecule has 44 heavy (non-hydrogen) atoms. The van der Waals surface area contributed by atoms with E-state index in [1.807, 2.05) is 18.2 Å². The van der Waals surface area contributed by atoms with Gasteiger partial charge in [-0.25, -0.2) is 17.9 Å². The van der Waals surface area contributed by atoms with E-state index in [4.69, 9.17) is 16.3 Å². The van der Waals surface area contributed by atoms with Crippen LogP contribution in [0.25, 0.3) is 27.7 Å². The minimum Gasteiger partial charge on any atom is -0.497 e. The molecule has 2 heterocycles. The first-order chi connectivity index (χ1) is 21.0. The Morgan fingerprint density at radius 2 is 1.66 bits per heavy atom. The Morgan fingerprint density at radius 1 is 0.932 bits per heavy atom. The average molecular weight is 637 g/mol. The molecule has 1 amide bonds. The van der Waals surface area contributed by atoms with Gasteiger partial charge in [-0.2, -0.15) is 18.3 Å². The Morgan fingerprint density at radius 3 is 2.39 bits per heavy atom. The highest BCUT2D eigenvalue weighted by Crippen LogP contribution is 2.35. The van der Waals surface area contributed by atoms with Gasteiger partial charge in [0.05, 0.1) is 28.8 Å². The Balaban J connectivity index is 1.44. The van der Waals surface area contributed by atoms with Crippen LogP contribution >= 0.6 is 11.6 Å². The second kappa shape index (κ2) is 11.0. The number of benzene rings is 4. The summed E-state index contributed by atoms with van der Waals surface area (Å²) in [5.41, 5.74) is -1.27. The average Bonchev–Trinajstić information content (AvgIpc) is 3.44. The Kier molecular flexibility index (Phi) is 7.26. The number of ether oxygens (including phenoxy) is 1. The van der Waals surface area contributed by atoms with Crippen LogP contribution in [0, 0.1) is 0 Å². The molecule has 0 aliphatic rings. The molecule has 0 aliphatic carbocycles. The SMILES string of the molecule is COc1cc(NC(=O)c2cnn3c(C(F)(F)F)cc(-c4cccc5ccccc45)nc23)cc(S(=O)(=O)c2ccc(Cl)cc2)c1. The molecular weight excluding hydrogens is 617 g/mol. The van der Waals surface area contributed by atoms with Gasteiger partial charge in [0, 0.05) is 22.3 Å². The van der Waals surface area contributed by atoms with Gasteiger partial charge in [-0.1, -0.05) is 54.1 Å². The lowest BCUT2D eigenvalue weighted by Crippen LogP contribution is -2.16. The molecule has 6 aromatic rings. The molecule has 0 saturated heterocycles. The Bertz CT molecular complexity index is 2180. The van der Waals surface area contributed by atoms with Crippen molar-refractivity contribution in [3.05, 3.63) is 113 Å². The summed E-state index contributed by atoms with van der Waals surface area (Å²) in [6.45, 7) is 0. The fourth-order valence-electron chi connectivity index (χ4n) is 4.78. The van der Waals surface area contributed by atoms with E-state index in [0.717, 1.165) is 17.6 Å². The zero-order valence-electron chi connectivity index (χ0n) is 22.6. The minimum atomic E-state index is -4.82. The zero-order chi connectivity index (χ0) is 31.2. The number of halogens is 4. The van der Waals surface area contributed by atoms with E-state index in [-0.39, 0.29) is 38.1 Å². The van der Waals surface area contributed by atoms with Crippen molar-refractivity contribution in [3.63, 3.8) is 0 Å². The highest BCUT2D eigenvalue weighted by atomic mass is 35.5. The van der Waals surface area contributed by atoms with Gasteiger partial charge < -0.3 is 10.1 Å². The Hall–Kier alpha value is -4.94. The molecule has 13 heteroatoms. The summed E-state index contributed by atoms with van der Waals surface area (Å²) < 4.78 is 75.1. The fraction of sp³-hybridized carbons (Fsp3) is 0.0645. The van der Waals surface area contributed by atoms with Crippen molar-refractivity contribution in [3.8, 4) is 17.0 Å². The van der Waals surface area contributed by atoms with Gasteiger partial charge in [-0.05, 0) is 53.2 Å². The standard InChI is InChI=1S/C31H20ClF3N4O4S/c1-43-21-13-20(14-23(15-21)44(41,42)22-11-9-19(32)10-12-22)37-30(40)26-17-36-39-28(31(33,34)35)16-27(38-29(26)39)25-8-4-6-18-5-2-3-7-24(18)25/h2-17H,1H3,(H,37,40). The van der Waals surface area contributed by atoms with E-state index in [1.54, 1.807) is 24.3 Å². The molecular formula is C31H20ClF3N4O4S. The third kappa shape index (κ3) is 5.33. The maximum atomic E-state index is 14.2. The maximum Gasteiger partial charge on any atom is 0.433 e. The molecule has 0 aliphatic heterocycles. The molecule has 0 atom stereocenters. The van der Waals surface area contributed by atoms with Crippen molar-refractivity contribution < 1.29 is 31.1 Å². The highest BCUT2D eigenvalue weighted by molar-refractivity contribution is 7.91. The predicted octanol–water partition coefficient (Wildman–Crippen LogP) is 7.32. The summed E-state index contributed by atoms with van der Waals surface area (Å²) in [4.78, 5) is 17.7. The number of carbonyl (C=O) groups excluding carboxylic acids is 1. The van der Waals surface area contributed by atoms with E-state index < -0.39 is 27.6 Å². The van der Waals surface area contributed by atoms with Crippen molar-refractivity contribution in [2.75, 3.05) is 12.4 Å². The van der Waals surface area contributed by atoms with Gasteiger partial charge in [0.2, 0.25) is 9.84 Å². The van der Waals surface area contributed by atoms with Crippen molar-refractivity contribution in [2.24, 2.45) is 0 Å². The molecule has 222 valence electrons. The van der Waals surface area contributed by atoms with Crippen LogP contribution in [0.15, 0.2) is 107 Å². The van der Waals surface area contributed by atoms with Crippen molar-refractivity contribution in [1.29, 1.82) is 0 Å². The largest absolute Gasteiger partial charge is 0.497 e. The second-order valence-electron chi connectivity index (χ2n) is 9.65. The molecule has 1 N–H and O–H groups in total. The maximum absolute atomic E-state index is 14.2. The van der Waals surface area contributed by atoms with E-state index in [9.17, 15) is 26.4 Å². The van der Waals surface area contributed by atoms with E-state index in [0.29, 0.717) is 20.5 Å². The normalized spacial score (nSPS) is 12.0. The predicted molar refractivity (Wildman–Crippen MR) is 159 cm³/mol. The van der Waals surface area contributed by atoms with Gasteiger partial charge in [-0.15, -0.1) is 0 Å². The number of carbonyl (C=O) groups is 1. The summed E-state index contributed by atoms with van der Waals surface area (Å²) in [7, 11) is -2.73. The first-order valence-electron chi connectivity index (χ1n) is 12.9. The van der Waals surface area contributed by atoms with Gasteiger partial charge >= 0.3 is 6.18 Å². The second-order valence-corrected chi connectivity index (χ2v) is 12.0. The van der Waals surface area contributed by atoms with Gasteiger partial charge in [0.1, 0.15) is 11.3 Å². The number of rotatable bonds is 6. The number of fused-ring (bicyclic) bond motifs is 2. The number of methoxy groups -OCH3 is 1. The number of sulfone groups is 1. The number of aromatic nitrogens is 3. The number of anilines is 1. The molecule has 0 spiro atoms. The fourth-order valence-corrected chi connectivity index (χ4v) is 6.22. The molecule has 6 rings (SSSR count). The summed E-state index contributed by atoms with van der Waals surface area (Å²) in [6, 6.07) is 22.7. The van der Waals surface area contributed by atoms with Crippen LogP contribution < -0.4 is 10.1 Å². The number of alkyl halides is 3. The van der Waals surface area contributed by atoms with Crippen LogP contribution in [0.3, 0.4) is 0 Å². The summed E-state index contributed by atoms with van der Waals surface area (Å²) >= 11 is 5.90. The van der Waals surface area contributed by atoms with Crippen molar-refractivity contribution >= 4 is 49.5 Å². The number of hydrogen-bond donors (Lipinski definition) is 1. The molecule has 0 saturated carbocycles. The molecule has 8 nitrogen and oxygen atoms in total. The van der Waals surface area contributed by atoms with Crippen LogP contribution in [0.2, 0.25) is 5.02 Å².